The number of imidazole rings is 1. The van der Waals surface area contributed by atoms with Crippen LogP contribution in [0.15, 0.2) is 55.1 Å². The van der Waals surface area contributed by atoms with Crippen LogP contribution in [0.4, 0.5) is 0 Å². The van der Waals surface area contributed by atoms with Crippen molar-refractivity contribution in [1.29, 1.82) is 0 Å². The first-order valence-corrected chi connectivity index (χ1v) is 7.91. The van der Waals surface area contributed by atoms with Crippen molar-refractivity contribution in [2.75, 3.05) is 0 Å². The van der Waals surface area contributed by atoms with Crippen LogP contribution in [0.1, 0.15) is 33.1 Å². The van der Waals surface area contributed by atoms with Gasteiger partial charge >= 0.3 is 0 Å². The highest BCUT2D eigenvalue weighted by molar-refractivity contribution is 7.13. The first-order valence-electron chi connectivity index (χ1n) is 7.09. The molecule has 0 fully saturated rings. The molecule has 0 saturated heterocycles. The quantitative estimate of drug-likeness (QED) is 0.798. The zero-order valence-electron chi connectivity index (χ0n) is 12.5. The molecule has 0 radical (unpaired) electrons. The van der Waals surface area contributed by atoms with Gasteiger partial charge < -0.3 is 9.88 Å². The lowest BCUT2D eigenvalue weighted by atomic mass is 10.1. The van der Waals surface area contributed by atoms with Crippen LogP contribution in [0.2, 0.25) is 0 Å². The van der Waals surface area contributed by atoms with E-state index in [1.807, 2.05) is 61.0 Å². The van der Waals surface area contributed by atoms with Gasteiger partial charge in [0.15, 0.2) is 0 Å². The van der Waals surface area contributed by atoms with Gasteiger partial charge in [-0.1, -0.05) is 12.1 Å². The molecular formula is C17H17N3OS. The molecule has 1 aromatic carbocycles. The van der Waals surface area contributed by atoms with Crippen molar-refractivity contribution in [3.63, 3.8) is 0 Å². The van der Waals surface area contributed by atoms with Crippen LogP contribution in [0.3, 0.4) is 0 Å². The molecule has 0 aliphatic rings. The van der Waals surface area contributed by atoms with Gasteiger partial charge in [-0.3, -0.25) is 4.79 Å². The van der Waals surface area contributed by atoms with Crippen LogP contribution < -0.4 is 5.32 Å². The van der Waals surface area contributed by atoms with Crippen LogP contribution in [-0.2, 0) is 0 Å². The summed E-state index contributed by atoms with van der Waals surface area (Å²) < 4.78 is 1.95. The standard InChI is InChI=1S/C17H17N3OS/c1-12-3-8-16(22-12)17(21)19-13(2)14-4-6-15(7-5-14)20-10-9-18-11-20/h3-11,13H,1-2H3,(H,19,21). The SMILES string of the molecule is Cc1ccc(C(=O)NC(C)c2ccc(-n3ccnc3)cc2)s1. The lowest BCUT2D eigenvalue weighted by molar-refractivity contribution is 0.0944. The Kier molecular flexibility index (Phi) is 4.06. The molecular weight excluding hydrogens is 294 g/mol. The average molecular weight is 311 g/mol. The Bertz CT molecular complexity index is 760. The Morgan fingerprint density at radius 2 is 2.00 bits per heavy atom. The molecule has 3 rings (SSSR count). The van der Waals surface area contributed by atoms with Crippen molar-refractivity contribution in [3.8, 4) is 5.69 Å². The number of aryl methyl sites for hydroxylation is 1. The van der Waals surface area contributed by atoms with Gasteiger partial charge in [0, 0.05) is 23.0 Å². The second-order valence-corrected chi connectivity index (χ2v) is 6.45. The Morgan fingerprint density at radius 1 is 1.23 bits per heavy atom. The molecule has 0 spiro atoms. The number of benzene rings is 1. The van der Waals surface area contributed by atoms with Gasteiger partial charge in [0.05, 0.1) is 17.2 Å². The van der Waals surface area contributed by atoms with E-state index in [1.165, 1.54) is 11.3 Å². The average Bonchev–Trinajstić information content (AvgIpc) is 3.18. The van der Waals surface area contributed by atoms with Crippen molar-refractivity contribution in [3.05, 3.63) is 70.4 Å². The molecule has 0 saturated carbocycles. The first kappa shape index (κ1) is 14.5. The van der Waals surface area contributed by atoms with Crippen LogP contribution in [0.25, 0.3) is 5.69 Å². The number of amides is 1. The van der Waals surface area contributed by atoms with Crippen molar-refractivity contribution >= 4 is 17.2 Å². The molecule has 2 aromatic heterocycles. The fourth-order valence-corrected chi connectivity index (χ4v) is 3.03. The normalized spacial score (nSPS) is 12.1. The summed E-state index contributed by atoms with van der Waals surface area (Å²) in [6, 6.07) is 11.9. The molecule has 4 nitrogen and oxygen atoms in total. The van der Waals surface area contributed by atoms with Crippen molar-refractivity contribution in [2.45, 2.75) is 19.9 Å². The Morgan fingerprint density at radius 3 is 2.59 bits per heavy atom. The number of carbonyl (C=O) groups is 1. The van der Waals surface area contributed by atoms with E-state index in [2.05, 4.69) is 10.3 Å². The molecule has 22 heavy (non-hydrogen) atoms. The summed E-state index contributed by atoms with van der Waals surface area (Å²) in [6.45, 7) is 3.99. The molecule has 0 bridgehead atoms. The van der Waals surface area contributed by atoms with Gasteiger partial charge in [0.1, 0.15) is 0 Å². The molecule has 0 aliphatic carbocycles. The maximum atomic E-state index is 12.2. The van der Waals surface area contributed by atoms with Crippen molar-refractivity contribution in [1.82, 2.24) is 14.9 Å². The lowest BCUT2D eigenvalue weighted by Crippen LogP contribution is -2.25. The smallest absolute Gasteiger partial charge is 0.261 e. The summed E-state index contributed by atoms with van der Waals surface area (Å²) in [5.74, 6) is -0.0238. The minimum absolute atomic E-state index is 0.0238. The van der Waals surface area contributed by atoms with E-state index in [4.69, 9.17) is 0 Å². The molecule has 1 amide bonds. The number of hydrogen-bond acceptors (Lipinski definition) is 3. The monoisotopic (exact) mass is 311 g/mol. The van der Waals surface area contributed by atoms with E-state index in [0.717, 1.165) is 21.0 Å². The first-order chi connectivity index (χ1) is 10.6. The third-order valence-corrected chi connectivity index (χ3v) is 4.51. The molecule has 0 aliphatic heterocycles. The van der Waals surface area contributed by atoms with Crippen molar-refractivity contribution in [2.24, 2.45) is 0 Å². The number of aromatic nitrogens is 2. The van der Waals surface area contributed by atoms with E-state index in [-0.39, 0.29) is 11.9 Å². The number of carbonyl (C=O) groups excluding carboxylic acids is 1. The maximum absolute atomic E-state index is 12.2. The van der Waals surface area contributed by atoms with E-state index < -0.39 is 0 Å². The van der Waals surface area contributed by atoms with E-state index in [0.29, 0.717) is 0 Å². The largest absolute Gasteiger partial charge is 0.345 e. The molecule has 1 atom stereocenters. The molecule has 5 heteroatoms. The topological polar surface area (TPSA) is 46.9 Å². The van der Waals surface area contributed by atoms with E-state index in [9.17, 15) is 4.79 Å². The maximum Gasteiger partial charge on any atom is 0.261 e. The van der Waals surface area contributed by atoms with Gasteiger partial charge in [-0.05, 0) is 43.7 Å². The van der Waals surface area contributed by atoms with Crippen LogP contribution in [0, 0.1) is 6.92 Å². The van der Waals surface area contributed by atoms with Gasteiger partial charge in [0.25, 0.3) is 5.91 Å². The summed E-state index contributed by atoms with van der Waals surface area (Å²) >= 11 is 1.51. The summed E-state index contributed by atoms with van der Waals surface area (Å²) in [4.78, 5) is 18.1. The minimum Gasteiger partial charge on any atom is -0.345 e. The van der Waals surface area contributed by atoms with E-state index in [1.54, 1.807) is 12.5 Å². The highest BCUT2D eigenvalue weighted by Crippen LogP contribution is 2.19. The summed E-state index contributed by atoms with van der Waals surface area (Å²) in [6.07, 6.45) is 5.42. The molecule has 1 N–H and O–H groups in total. The molecule has 112 valence electrons. The Labute approximate surface area is 133 Å². The van der Waals surface area contributed by atoms with Gasteiger partial charge in [-0.25, -0.2) is 4.98 Å². The number of nitrogens with one attached hydrogen (secondary N) is 1. The second kappa shape index (κ2) is 6.15. The zero-order valence-corrected chi connectivity index (χ0v) is 13.3. The van der Waals surface area contributed by atoms with Gasteiger partial charge in [-0.15, -0.1) is 11.3 Å². The fraction of sp³-hybridized carbons (Fsp3) is 0.176. The highest BCUT2D eigenvalue weighted by Gasteiger charge is 2.13. The van der Waals surface area contributed by atoms with Gasteiger partial charge in [0.2, 0.25) is 0 Å². The zero-order chi connectivity index (χ0) is 15.5. The second-order valence-electron chi connectivity index (χ2n) is 5.17. The number of rotatable bonds is 4. The fourth-order valence-electron chi connectivity index (χ4n) is 2.25. The summed E-state index contributed by atoms with van der Waals surface area (Å²) in [5, 5.41) is 3.03. The third kappa shape index (κ3) is 3.09. The molecule has 3 aromatic rings. The lowest BCUT2D eigenvalue weighted by Gasteiger charge is -2.14. The van der Waals surface area contributed by atoms with E-state index >= 15 is 0 Å². The highest BCUT2D eigenvalue weighted by atomic mass is 32.1. The predicted octanol–water partition coefficient (Wildman–Crippen LogP) is 3.73. The third-order valence-electron chi connectivity index (χ3n) is 3.51. The van der Waals surface area contributed by atoms with Crippen LogP contribution >= 0.6 is 11.3 Å². The summed E-state index contributed by atoms with van der Waals surface area (Å²) in [5.41, 5.74) is 2.12. The molecule has 1 unspecified atom stereocenters. The van der Waals surface area contributed by atoms with Crippen molar-refractivity contribution < 1.29 is 4.79 Å². The number of nitrogens with zero attached hydrogens (tertiary/aromatic N) is 2. The van der Waals surface area contributed by atoms with Gasteiger partial charge in [-0.2, -0.15) is 0 Å². The Hall–Kier alpha value is -2.40. The number of hydrogen-bond donors (Lipinski definition) is 1. The summed E-state index contributed by atoms with van der Waals surface area (Å²) in [7, 11) is 0. The molecule has 2 heterocycles. The van der Waals surface area contributed by atoms with Crippen LogP contribution in [-0.4, -0.2) is 15.5 Å². The number of thiophene rings is 1. The van der Waals surface area contributed by atoms with Crippen LogP contribution in [0.5, 0.6) is 0 Å². The Balaban J connectivity index is 1.69. The predicted molar refractivity (Wildman–Crippen MR) is 88.5 cm³/mol. The minimum atomic E-state index is -0.0354.